The molecule has 0 aliphatic carbocycles. The molecule has 0 aliphatic heterocycles. The Morgan fingerprint density at radius 3 is 2.90 bits per heavy atom. The van der Waals surface area contributed by atoms with Crippen molar-refractivity contribution in [1.82, 2.24) is 20.1 Å². The van der Waals surface area contributed by atoms with E-state index in [1.165, 1.54) is 0 Å². The number of nitrogens with one attached hydrogen (secondary N) is 3. The Morgan fingerprint density at radius 1 is 1.40 bits per heavy atom. The number of nitrogens with zero attached hydrogens (tertiary/aromatic N) is 3. The van der Waals surface area contributed by atoms with Crippen LogP contribution in [0.5, 0.6) is 0 Å². The molecule has 2 aromatic rings. The van der Waals surface area contributed by atoms with Crippen LogP contribution in [0.25, 0.3) is 0 Å². The van der Waals surface area contributed by atoms with Gasteiger partial charge in [-0.3, -0.25) is 4.68 Å². The summed E-state index contributed by atoms with van der Waals surface area (Å²) in [5.74, 6) is 0.782. The Balaban J connectivity index is 1.69. The maximum atomic E-state index is 11.7. The molecule has 7 nitrogen and oxygen atoms in total. The molecule has 2 rings (SSSR count). The highest BCUT2D eigenvalue weighted by Gasteiger charge is 2.07. The van der Waals surface area contributed by atoms with E-state index in [9.17, 15) is 4.79 Å². The minimum absolute atomic E-state index is 0.276. The Hall–Kier alpha value is -2.09. The van der Waals surface area contributed by atoms with Crippen LogP contribution in [0.3, 0.4) is 0 Å². The number of carbonyl (C=O) groups is 1. The van der Waals surface area contributed by atoms with E-state index in [2.05, 4.69) is 42.0 Å². The highest BCUT2D eigenvalue weighted by atomic mass is 79.9. The molecule has 0 atom stereocenters. The zero-order valence-corrected chi connectivity index (χ0v) is 12.5. The number of amides is 2. The fraction of sp³-hybridized carbons (Fsp3) is 0.250. The van der Waals surface area contributed by atoms with Gasteiger partial charge in [0.2, 0.25) is 0 Å². The highest BCUT2D eigenvalue weighted by molar-refractivity contribution is 9.10. The van der Waals surface area contributed by atoms with Crippen molar-refractivity contribution in [2.24, 2.45) is 7.05 Å². The molecule has 0 spiro atoms. The maximum Gasteiger partial charge on any atom is 0.319 e. The van der Waals surface area contributed by atoms with Crippen molar-refractivity contribution in [2.75, 3.05) is 23.7 Å². The van der Waals surface area contributed by atoms with Gasteiger partial charge in [-0.05, 0) is 28.1 Å². The lowest BCUT2D eigenvalue weighted by Gasteiger charge is -2.07. The van der Waals surface area contributed by atoms with E-state index in [1.807, 2.05) is 18.2 Å². The molecule has 2 heterocycles. The summed E-state index contributed by atoms with van der Waals surface area (Å²) in [6.45, 7) is 1.08. The van der Waals surface area contributed by atoms with Crippen LogP contribution in [0.2, 0.25) is 0 Å². The van der Waals surface area contributed by atoms with E-state index in [0.29, 0.717) is 23.4 Å². The number of hydrogen-bond acceptors (Lipinski definition) is 4. The predicted molar refractivity (Wildman–Crippen MR) is 80.7 cm³/mol. The summed E-state index contributed by atoms with van der Waals surface area (Å²) in [6, 6.07) is 5.34. The first kappa shape index (κ1) is 14.3. The van der Waals surface area contributed by atoms with Crippen LogP contribution in [0.15, 0.2) is 35.2 Å². The Morgan fingerprint density at radius 2 is 2.25 bits per heavy atom. The van der Waals surface area contributed by atoms with Gasteiger partial charge < -0.3 is 16.0 Å². The average molecular weight is 339 g/mol. The Bertz CT molecular complexity index is 571. The number of pyridine rings is 1. The molecule has 0 fully saturated rings. The number of anilines is 2. The lowest BCUT2D eigenvalue weighted by Crippen LogP contribution is -2.32. The second kappa shape index (κ2) is 6.90. The SMILES string of the molecule is Cn1cc(NC(=O)NCCNc2ccccn2)c(Br)n1. The summed E-state index contributed by atoms with van der Waals surface area (Å²) in [6.07, 6.45) is 3.43. The van der Waals surface area contributed by atoms with Crippen molar-refractivity contribution in [3.05, 3.63) is 35.2 Å². The van der Waals surface area contributed by atoms with Gasteiger partial charge in [0.1, 0.15) is 5.82 Å². The van der Waals surface area contributed by atoms with Crippen molar-refractivity contribution >= 4 is 33.5 Å². The van der Waals surface area contributed by atoms with Crippen molar-refractivity contribution in [1.29, 1.82) is 0 Å². The summed E-state index contributed by atoms with van der Waals surface area (Å²) in [7, 11) is 1.78. The topological polar surface area (TPSA) is 83.9 Å². The smallest absolute Gasteiger partial charge is 0.319 e. The number of hydrogen-bond donors (Lipinski definition) is 3. The van der Waals surface area contributed by atoms with Gasteiger partial charge in [0.05, 0.1) is 5.69 Å². The first-order valence-corrected chi connectivity index (χ1v) is 6.83. The Kier molecular flexibility index (Phi) is 4.94. The van der Waals surface area contributed by atoms with Crippen molar-refractivity contribution in [3.8, 4) is 0 Å². The molecular weight excluding hydrogens is 324 g/mol. The quantitative estimate of drug-likeness (QED) is 0.726. The minimum Gasteiger partial charge on any atom is -0.368 e. The molecule has 0 radical (unpaired) electrons. The van der Waals surface area contributed by atoms with E-state index in [-0.39, 0.29) is 6.03 Å². The van der Waals surface area contributed by atoms with E-state index in [4.69, 9.17) is 0 Å². The van der Waals surface area contributed by atoms with Gasteiger partial charge in [0.15, 0.2) is 4.60 Å². The molecule has 8 heteroatoms. The number of rotatable bonds is 5. The van der Waals surface area contributed by atoms with E-state index in [1.54, 1.807) is 24.1 Å². The van der Waals surface area contributed by atoms with E-state index >= 15 is 0 Å². The van der Waals surface area contributed by atoms with Crippen LogP contribution in [-0.4, -0.2) is 33.9 Å². The van der Waals surface area contributed by atoms with E-state index < -0.39 is 0 Å². The number of aryl methyl sites for hydroxylation is 1. The summed E-state index contributed by atoms with van der Waals surface area (Å²) < 4.78 is 2.21. The normalized spacial score (nSPS) is 10.1. The number of carbonyl (C=O) groups excluding carboxylic acids is 1. The maximum absolute atomic E-state index is 11.7. The van der Waals surface area contributed by atoms with Crippen LogP contribution < -0.4 is 16.0 Å². The fourth-order valence-electron chi connectivity index (χ4n) is 1.55. The number of aromatic nitrogens is 3. The van der Waals surface area contributed by atoms with Crippen molar-refractivity contribution < 1.29 is 4.79 Å². The monoisotopic (exact) mass is 338 g/mol. The molecule has 106 valence electrons. The summed E-state index contributed by atoms with van der Waals surface area (Å²) >= 11 is 3.26. The summed E-state index contributed by atoms with van der Waals surface area (Å²) in [5.41, 5.74) is 0.627. The van der Waals surface area contributed by atoms with Crippen LogP contribution in [0.4, 0.5) is 16.3 Å². The van der Waals surface area contributed by atoms with Gasteiger partial charge in [-0.15, -0.1) is 0 Å². The van der Waals surface area contributed by atoms with Gasteiger partial charge in [-0.1, -0.05) is 6.07 Å². The molecule has 0 aromatic carbocycles. The van der Waals surface area contributed by atoms with Gasteiger partial charge in [0, 0.05) is 32.5 Å². The van der Waals surface area contributed by atoms with Gasteiger partial charge >= 0.3 is 6.03 Å². The lowest BCUT2D eigenvalue weighted by atomic mass is 10.4. The number of halogens is 1. The average Bonchev–Trinajstić information content (AvgIpc) is 2.74. The summed E-state index contributed by atoms with van der Waals surface area (Å²) in [5, 5.41) is 12.6. The largest absolute Gasteiger partial charge is 0.368 e. The zero-order chi connectivity index (χ0) is 14.4. The predicted octanol–water partition coefficient (Wildman–Crippen LogP) is 1.81. The molecule has 0 aliphatic rings. The Labute approximate surface area is 124 Å². The molecule has 2 aromatic heterocycles. The fourth-order valence-corrected chi connectivity index (χ4v) is 2.00. The molecule has 0 saturated heterocycles. The third kappa shape index (κ3) is 4.23. The number of urea groups is 1. The van der Waals surface area contributed by atoms with Crippen LogP contribution in [0, 0.1) is 0 Å². The van der Waals surface area contributed by atoms with Gasteiger partial charge in [-0.25, -0.2) is 9.78 Å². The van der Waals surface area contributed by atoms with Crippen LogP contribution in [0.1, 0.15) is 0 Å². The molecular formula is C12H15BrN6O. The second-order valence-electron chi connectivity index (χ2n) is 4.03. The second-order valence-corrected chi connectivity index (χ2v) is 4.78. The van der Waals surface area contributed by atoms with Crippen LogP contribution in [-0.2, 0) is 7.05 Å². The molecule has 3 N–H and O–H groups in total. The van der Waals surface area contributed by atoms with Crippen molar-refractivity contribution in [3.63, 3.8) is 0 Å². The van der Waals surface area contributed by atoms with Crippen molar-refractivity contribution in [2.45, 2.75) is 0 Å². The molecule has 2 amide bonds. The lowest BCUT2D eigenvalue weighted by molar-refractivity contribution is 0.252. The minimum atomic E-state index is -0.276. The molecule has 0 saturated carbocycles. The zero-order valence-electron chi connectivity index (χ0n) is 10.9. The van der Waals surface area contributed by atoms with Gasteiger partial charge in [0.25, 0.3) is 0 Å². The van der Waals surface area contributed by atoms with Gasteiger partial charge in [-0.2, -0.15) is 5.10 Å². The third-order valence-electron chi connectivity index (χ3n) is 2.41. The standard InChI is InChI=1S/C12H15BrN6O/c1-19-8-9(11(13)18-19)17-12(20)16-7-6-15-10-4-2-3-5-14-10/h2-5,8H,6-7H2,1H3,(H,14,15)(H2,16,17,20). The molecule has 0 unspecified atom stereocenters. The summed E-state index contributed by atoms with van der Waals surface area (Å²) in [4.78, 5) is 15.8. The van der Waals surface area contributed by atoms with E-state index in [0.717, 1.165) is 5.82 Å². The third-order valence-corrected chi connectivity index (χ3v) is 3.00. The van der Waals surface area contributed by atoms with Crippen LogP contribution >= 0.6 is 15.9 Å². The molecule has 20 heavy (non-hydrogen) atoms. The first-order valence-electron chi connectivity index (χ1n) is 6.04. The molecule has 0 bridgehead atoms. The highest BCUT2D eigenvalue weighted by Crippen LogP contribution is 2.18. The first-order chi connectivity index (χ1) is 9.65.